The van der Waals surface area contributed by atoms with E-state index in [0.29, 0.717) is 25.6 Å². The van der Waals surface area contributed by atoms with Crippen molar-refractivity contribution < 1.29 is 9.59 Å². The topological polar surface area (TPSA) is 61.4 Å². The standard InChI is InChI=1S/C20H25N3O2S/c1-2-5-19(24)22-16-7-3-6-15(12-16)13-21-20(25)23(17-9-10-17)14-18-8-4-11-26-18/h3-4,6-8,11-12,17H,2,5,9-10,13-14H2,1H3,(H,21,25)(H,22,24). The van der Waals surface area contributed by atoms with E-state index in [0.717, 1.165) is 30.5 Å². The molecule has 26 heavy (non-hydrogen) atoms. The molecule has 0 spiro atoms. The number of hydrogen-bond donors (Lipinski definition) is 2. The summed E-state index contributed by atoms with van der Waals surface area (Å²) in [4.78, 5) is 27.5. The summed E-state index contributed by atoms with van der Waals surface area (Å²) in [6, 6.07) is 12.0. The number of carbonyl (C=O) groups excluding carboxylic acids is 2. The quantitative estimate of drug-likeness (QED) is 0.724. The Labute approximate surface area is 158 Å². The molecule has 1 aromatic carbocycles. The smallest absolute Gasteiger partial charge is 0.318 e. The molecule has 3 rings (SSSR count). The predicted octanol–water partition coefficient (Wildman–Crippen LogP) is 4.36. The van der Waals surface area contributed by atoms with Crippen molar-refractivity contribution in [2.24, 2.45) is 0 Å². The van der Waals surface area contributed by atoms with Gasteiger partial charge in [-0.2, -0.15) is 0 Å². The molecule has 1 aliphatic carbocycles. The van der Waals surface area contributed by atoms with Gasteiger partial charge in [0.15, 0.2) is 0 Å². The second-order valence-electron chi connectivity index (χ2n) is 6.60. The number of nitrogens with one attached hydrogen (secondary N) is 2. The maximum Gasteiger partial charge on any atom is 0.318 e. The molecule has 0 bridgehead atoms. The zero-order chi connectivity index (χ0) is 18.4. The number of thiophene rings is 1. The Hall–Kier alpha value is -2.34. The molecule has 0 aliphatic heterocycles. The lowest BCUT2D eigenvalue weighted by Gasteiger charge is -2.22. The highest BCUT2D eigenvalue weighted by molar-refractivity contribution is 7.09. The summed E-state index contributed by atoms with van der Waals surface area (Å²) in [6.07, 6.45) is 3.50. The molecule has 0 saturated heterocycles. The molecule has 138 valence electrons. The van der Waals surface area contributed by atoms with Crippen molar-refractivity contribution >= 4 is 29.0 Å². The number of anilines is 1. The van der Waals surface area contributed by atoms with Crippen LogP contribution in [0.3, 0.4) is 0 Å². The fraction of sp³-hybridized carbons (Fsp3) is 0.400. The molecule has 0 unspecified atom stereocenters. The predicted molar refractivity (Wildman–Crippen MR) is 105 cm³/mol. The first-order valence-electron chi connectivity index (χ1n) is 9.11. The van der Waals surface area contributed by atoms with Gasteiger partial charge >= 0.3 is 6.03 Å². The normalized spacial score (nSPS) is 13.3. The average molecular weight is 372 g/mol. The number of urea groups is 1. The first-order valence-corrected chi connectivity index (χ1v) is 9.99. The Kier molecular flexibility index (Phi) is 6.28. The number of benzene rings is 1. The third-order valence-electron chi connectivity index (χ3n) is 4.29. The van der Waals surface area contributed by atoms with Crippen LogP contribution in [0.25, 0.3) is 0 Å². The number of rotatable bonds is 8. The van der Waals surface area contributed by atoms with Crippen molar-refractivity contribution in [2.45, 2.75) is 51.7 Å². The Morgan fingerprint density at radius 1 is 1.23 bits per heavy atom. The van der Waals surface area contributed by atoms with Crippen LogP contribution in [0.1, 0.15) is 43.0 Å². The molecule has 1 heterocycles. The van der Waals surface area contributed by atoms with E-state index < -0.39 is 0 Å². The first kappa shape index (κ1) is 18.5. The fourth-order valence-corrected chi connectivity index (χ4v) is 3.51. The van der Waals surface area contributed by atoms with Crippen LogP contribution in [0.15, 0.2) is 41.8 Å². The molecule has 1 aromatic heterocycles. The zero-order valence-electron chi connectivity index (χ0n) is 15.0. The van der Waals surface area contributed by atoms with E-state index in [1.165, 1.54) is 4.88 Å². The van der Waals surface area contributed by atoms with Gasteiger partial charge in [-0.1, -0.05) is 25.1 Å². The molecule has 3 amide bonds. The van der Waals surface area contributed by atoms with Crippen LogP contribution in [0.2, 0.25) is 0 Å². The third kappa shape index (κ3) is 5.33. The second kappa shape index (κ2) is 8.85. The van der Waals surface area contributed by atoms with E-state index >= 15 is 0 Å². The van der Waals surface area contributed by atoms with Crippen LogP contribution < -0.4 is 10.6 Å². The van der Waals surface area contributed by atoms with E-state index in [1.54, 1.807) is 11.3 Å². The van der Waals surface area contributed by atoms with Gasteiger partial charge in [-0.25, -0.2) is 4.79 Å². The minimum Gasteiger partial charge on any atom is -0.334 e. The molecule has 5 nitrogen and oxygen atoms in total. The molecule has 1 aliphatic rings. The molecule has 0 atom stereocenters. The lowest BCUT2D eigenvalue weighted by molar-refractivity contribution is -0.116. The average Bonchev–Trinajstić information content (AvgIpc) is 3.34. The van der Waals surface area contributed by atoms with E-state index in [2.05, 4.69) is 16.7 Å². The molecule has 2 N–H and O–H groups in total. The maximum atomic E-state index is 12.6. The highest BCUT2D eigenvalue weighted by Gasteiger charge is 2.32. The largest absolute Gasteiger partial charge is 0.334 e. The lowest BCUT2D eigenvalue weighted by Crippen LogP contribution is -2.40. The van der Waals surface area contributed by atoms with Crippen LogP contribution in [0.5, 0.6) is 0 Å². The summed E-state index contributed by atoms with van der Waals surface area (Å²) < 4.78 is 0. The highest BCUT2D eigenvalue weighted by atomic mass is 32.1. The molecular formula is C20H25N3O2S. The SMILES string of the molecule is CCCC(=O)Nc1cccc(CNC(=O)N(Cc2cccs2)C2CC2)c1. The Morgan fingerprint density at radius 2 is 2.08 bits per heavy atom. The molecule has 6 heteroatoms. The van der Waals surface area contributed by atoms with Gasteiger partial charge in [-0.05, 0) is 48.4 Å². The summed E-state index contributed by atoms with van der Waals surface area (Å²) >= 11 is 1.68. The number of nitrogens with zero attached hydrogens (tertiary/aromatic N) is 1. The maximum absolute atomic E-state index is 12.6. The van der Waals surface area contributed by atoms with Crippen molar-refractivity contribution in [3.05, 3.63) is 52.2 Å². The lowest BCUT2D eigenvalue weighted by atomic mass is 10.2. The number of carbonyl (C=O) groups is 2. The minimum atomic E-state index is -0.0266. The molecular weight excluding hydrogens is 346 g/mol. The van der Waals surface area contributed by atoms with E-state index in [1.807, 2.05) is 47.5 Å². The number of hydrogen-bond acceptors (Lipinski definition) is 3. The summed E-state index contributed by atoms with van der Waals surface area (Å²) in [5.41, 5.74) is 1.74. The van der Waals surface area contributed by atoms with Gasteiger partial charge < -0.3 is 15.5 Å². The summed E-state index contributed by atoms with van der Waals surface area (Å²) in [5, 5.41) is 7.95. The van der Waals surface area contributed by atoms with Crippen LogP contribution in [-0.4, -0.2) is 22.9 Å². The third-order valence-corrected chi connectivity index (χ3v) is 5.15. The Balaban J connectivity index is 1.55. The second-order valence-corrected chi connectivity index (χ2v) is 7.63. The van der Waals surface area contributed by atoms with Gasteiger partial charge in [0.2, 0.25) is 5.91 Å². The van der Waals surface area contributed by atoms with E-state index in [4.69, 9.17) is 0 Å². The van der Waals surface area contributed by atoms with Gasteiger partial charge in [0.25, 0.3) is 0 Å². The van der Waals surface area contributed by atoms with Crippen LogP contribution >= 0.6 is 11.3 Å². The molecule has 1 saturated carbocycles. The van der Waals surface area contributed by atoms with E-state index in [9.17, 15) is 9.59 Å². The van der Waals surface area contributed by atoms with Gasteiger partial charge in [0.05, 0.1) is 6.54 Å². The van der Waals surface area contributed by atoms with Gasteiger partial charge in [0, 0.05) is 29.6 Å². The van der Waals surface area contributed by atoms with Crippen LogP contribution in [0.4, 0.5) is 10.5 Å². The Morgan fingerprint density at radius 3 is 2.77 bits per heavy atom. The molecule has 1 fully saturated rings. The van der Waals surface area contributed by atoms with Crippen molar-refractivity contribution in [3.63, 3.8) is 0 Å². The molecule has 0 radical (unpaired) electrons. The van der Waals surface area contributed by atoms with Crippen molar-refractivity contribution in [1.82, 2.24) is 10.2 Å². The van der Waals surface area contributed by atoms with Crippen molar-refractivity contribution in [2.75, 3.05) is 5.32 Å². The summed E-state index contributed by atoms with van der Waals surface area (Å²) in [6.45, 7) is 3.10. The van der Waals surface area contributed by atoms with Crippen molar-refractivity contribution in [3.8, 4) is 0 Å². The van der Waals surface area contributed by atoms with Gasteiger partial charge in [-0.3, -0.25) is 4.79 Å². The van der Waals surface area contributed by atoms with Crippen LogP contribution in [-0.2, 0) is 17.9 Å². The number of amides is 3. The van der Waals surface area contributed by atoms with Gasteiger partial charge in [-0.15, -0.1) is 11.3 Å². The monoisotopic (exact) mass is 371 g/mol. The molecule has 2 aromatic rings. The Bertz CT molecular complexity index is 741. The first-order chi connectivity index (χ1) is 12.7. The van der Waals surface area contributed by atoms with Gasteiger partial charge in [0.1, 0.15) is 0 Å². The minimum absolute atomic E-state index is 0.0181. The van der Waals surface area contributed by atoms with Crippen molar-refractivity contribution in [1.29, 1.82) is 0 Å². The zero-order valence-corrected chi connectivity index (χ0v) is 15.8. The fourth-order valence-electron chi connectivity index (χ4n) is 2.81. The summed E-state index contributed by atoms with van der Waals surface area (Å²) in [5.74, 6) is 0.0181. The highest BCUT2D eigenvalue weighted by Crippen LogP contribution is 2.29. The van der Waals surface area contributed by atoms with Crippen LogP contribution in [0, 0.1) is 0 Å². The van der Waals surface area contributed by atoms with E-state index in [-0.39, 0.29) is 11.9 Å². The summed E-state index contributed by atoms with van der Waals surface area (Å²) in [7, 11) is 0.